The maximum Gasteiger partial charge on any atom is 0.317 e. The smallest absolute Gasteiger partial charge is 0.317 e. The number of alkyl halides is 3. The van der Waals surface area contributed by atoms with Crippen LogP contribution in [0.4, 0.5) is 0 Å². The number of carboxylic acids is 1. The van der Waals surface area contributed by atoms with Crippen LogP contribution in [-0.2, 0) is 14.3 Å². The van der Waals surface area contributed by atoms with Gasteiger partial charge in [-0.25, -0.2) is 0 Å². The lowest BCUT2D eigenvalue weighted by atomic mass is 10.2. The SMILES string of the molecule is CC(C)=CC(OC(=O)CC(=O)O)C(Cl)(Cl)Cl. The molecule has 1 unspecified atom stereocenters. The average Bonchev–Trinajstić information content (AvgIpc) is 1.98. The first-order valence-electron chi connectivity index (χ1n) is 4.26. The summed E-state index contributed by atoms with van der Waals surface area (Å²) in [4.78, 5) is 21.3. The zero-order valence-electron chi connectivity index (χ0n) is 8.67. The highest BCUT2D eigenvalue weighted by Crippen LogP contribution is 2.33. The van der Waals surface area contributed by atoms with Crippen LogP contribution in [0.25, 0.3) is 0 Å². The van der Waals surface area contributed by atoms with E-state index in [0.717, 1.165) is 5.57 Å². The highest BCUT2D eigenvalue weighted by atomic mass is 35.6. The second kappa shape index (κ2) is 6.33. The van der Waals surface area contributed by atoms with Crippen molar-refractivity contribution in [2.24, 2.45) is 0 Å². The van der Waals surface area contributed by atoms with E-state index in [2.05, 4.69) is 0 Å². The van der Waals surface area contributed by atoms with E-state index >= 15 is 0 Å². The number of hydrogen-bond donors (Lipinski definition) is 1. The van der Waals surface area contributed by atoms with Crippen molar-refractivity contribution in [2.75, 3.05) is 0 Å². The Morgan fingerprint density at radius 1 is 1.38 bits per heavy atom. The summed E-state index contributed by atoms with van der Waals surface area (Å²) >= 11 is 16.8. The molecule has 0 aromatic carbocycles. The summed E-state index contributed by atoms with van der Waals surface area (Å²) < 4.78 is 2.92. The maximum atomic E-state index is 11.1. The molecule has 0 aliphatic carbocycles. The van der Waals surface area contributed by atoms with E-state index in [4.69, 9.17) is 44.6 Å². The molecule has 0 aliphatic heterocycles. The van der Waals surface area contributed by atoms with Crippen LogP contribution in [0, 0.1) is 0 Å². The molecule has 0 spiro atoms. The number of hydrogen-bond acceptors (Lipinski definition) is 3. The summed E-state index contributed by atoms with van der Waals surface area (Å²) in [5.41, 5.74) is 0.777. The molecule has 0 fully saturated rings. The van der Waals surface area contributed by atoms with Gasteiger partial charge in [-0.15, -0.1) is 0 Å². The monoisotopic (exact) mass is 288 g/mol. The van der Waals surface area contributed by atoms with Gasteiger partial charge in [0.25, 0.3) is 0 Å². The third kappa shape index (κ3) is 6.93. The van der Waals surface area contributed by atoms with E-state index in [1.807, 2.05) is 0 Å². The first-order valence-corrected chi connectivity index (χ1v) is 5.39. The molecule has 16 heavy (non-hydrogen) atoms. The Kier molecular flexibility index (Phi) is 6.15. The fraction of sp³-hybridized carbons (Fsp3) is 0.556. The summed E-state index contributed by atoms with van der Waals surface area (Å²) in [5.74, 6) is -2.26. The molecule has 0 saturated carbocycles. The third-order valence-corrected chi connectivity index (χ3v) is 2.01. The molecule has 7 heteroatoms. The van der Waals surface area contributed by atoms with E-state index in [1.165, 1.54) is 6.08 Å². The molecule has 0 amide bonds. The van der Waals surface area contributed by atoms with Crippen LogP contribution in [0.3, 0.4) is 0 Å². The number of halogens is 3. The molecule has 0 heterocycles. The lowest BCUT2D eigenvalue weighted by Crippen LogP contribution is -2.30. The second-order valence-electron chi connectivity index (χ2n) is 3.27. The Morgan fingerprint density at radius 3 is 2.19 bits per heavy atom. The van der Waals surface area contributed by atoms with Crippen molar-refractivity contribution in [3.8, 4) is 0 Å². The van der Waals surface area contributed by atoms with Crippen LogP contribution in [0.5, 0.6) is 0 Å². The van der Waals surface area contributed by atoms with Gasteiger partial charge in [0, 0.05) is 0 Å². The molecule has 0 radical (unpaired) electrons. The summed E-state index contributed by atoms with van der Waals surface area (Å²) in [6, 6.07) is 0. The molecule has 1 N–H and O–H groups in total. The molecule has 0 bridgehead atoms. The van der Waals surface area contributed by atoms with Crippen molar-refractivity contribution in [3.05, 3.63) is 11.6 Å². The van der Waals surface area contributed by atoms with E-state index in [9.17, 15) is 9.59 Å². The van der Waals surface area contributed by atoms with Crippen LogP contribution in [0.1, 0.15) is 20.3 Å². The number of ether oxygens (including phenoxy) is 1. The Hall–Kier alpha value is -0.450. The van der Waals surface area contributed by atoms with Gasteiger partial charge in [-0.1, -0.05) is 40.4 Å². The lowest BCUT2D eigenvalue weighted by Gasteiger charge is -2.21. The predicted molar refractivity (Wildman–Crippen MR) is 61.9 cm³/mol. The molecular formula is C9H11Cl3O4. The van der Waals surface area contributed by atoms with Crippen LogP contribution < -0.4 is 0 Å². The molecule has 0 aromatic heterocycles. The van der Waals surface area contributed by atoms with E-state index in [1.54, 1.807) is 13.8 Å². The number of esters is 1. The quantitative estimate of drug-likeness (QED) is 0.374. The highest BCUT2D eigenvalue weighted by Gasteiger charge is 2.34. The fourth-order valence-corrected chi connectivity index (χ4v) is 1.13. The van der Waals surface area contributed by atoms with Gasteiger partial charge in [-0.2, -0.15) is 0 Å². The maximum absolute atomic E-state index is 11.1. The normalized spacial score (nSPS) is 12.8. The highest BCUT2D eigenvalue weighted by molar-refractivity contribution is 6.68. The van der Waals surface area contributed by atoms with Gasteiger partial charge in [0.15, 0.2) is 6.10 Å². The van der Waals surface area contributed by atoms with Crippen LogP contribution in [0.15, 0.2) is 11.6 Å². The first-order chi connectivity index (χ1) is 7.12. The van der Waals surface area contributed by atoms with Gasteiger partial charge in [-0.3, -0.25) is 9.59 Å². The number of aliphatic carboxylic acids is 1. The summed E-state index contributed by atoms with van der Waals surface area (Å²) in [6.07, 6.45) is -0.435. The van der Waals surface area contributed by atoms with E-state index in [0.29, 0.717) is 0 Å². The summed E-state index contributed by atoms with van der Waals surface area (Å²) in [7, 11) is 0. The van der Waals surface area contributed by atoms with Gasteiger partial charge in [0.2, 0.25) is 3.79 Å². The van der Waals surface area contributed by atoms with Gasteiger partial charge in [0.1, 0.15) is 6.42 Å². The molecule has 1 atom stereocenters. The number of carbonyl (C=O) groups excluding carboxylic acids is 1. The van der Waals surface area contributed by atoms with Gasteiger partial charge in [0.05, 0.1) is 0 Å². The Balaban J connectivity index is 4.63. The summed E-state index contributed by atoms with van der Waals surface area (Å²) in [5, 5.41) is 8.37. The Labute approximate surface area is 108 Å². The number of carbonyl (C=O) groups is 2. The topological polar surface area (TPSA) is 63.6 Å². The predicted octanol–water partition coefficient (Wildman–Crippen LogP) is 2.71. The van der Waals surface area contributed by atoms with Gasteiger partial charge >= 0.3 is 11.9 Å². The molecule has 0 saturated heterocycles. The zero-order valence-corrected chi connectivity index (χ0v) is 10.9. The molecular weight excluding hydrogens is 278 g/mol. The number of carboxylic acid groups (broad SMARTS) is 1. The minimum atomic E-state index is -1.83. The summed E-state index contributed by atoms with van der Waals surface area (Å²) in [6.45, 7) is 3.46. The van der Waals surface area contributed by atoms with Gasteiger partial charge in [-0.05, 0) is 19.9 Å². The van der Waals surface area contributed by atoms with E-state index < -0.39 is 28.3 Å². The number of allylic oxidation sites excluding steroid dienone is 1. The fourth-order valence-electron chi connectivity index (χ4n) is 0.805. The molecule has 4 nitrogen and oxygen atoms in total. The minimum Gasteiger partial charge on any atom is -0.481 e. The van der Waals surface area contributed by atoms with Crippen LogP contribution in [0.2, 0.25) is 0 Å². The van der Waals surface area contributed by atoms with Crippen molar-refractivity contribution in [1.82, 2.24) is 0 Å². The first kappa shape index (κ1) is 15.6. The van der Waals surface area contributed by atoms with Crippen LogP contribution in [-0.4, -0.2) is 26.9 Å². The van der Waals surface area contributed by atoms with Crippen molar-refractivity contribution in [2.45, 2.75) is 30.2 Å². The van der Waals surface area contributed by atoms with Crippen LogP contribution >= 0.6 is 34.8 Å². The standard InChI is InChI=1S/C9H11Cl3O4/c1-5(2)3-6(9(10,11)12)16-8(15)4-7(13)14/h3,6H,4H2,1-2H3,(H,13,14). The Bertz CT molecular complexity index is 302. The van der Waals surface area contributed by atoms with Crippen molar-refractivity contribution in [1.29, 1.82) is 0 Å². The van der Waals surface area contributed by atoms with Gasteiger partial charge < -0.3 is 9.84 Å². The minimum absolute atomic E-state index is 0.770. The molecule has 0 aliphatic rings. The van der Waals surface area contributed by atoms with E-state index in [-0.39, 0.29) is 0 Å². The Morgan fingerprint density at radius 2 is 1.88 bits per heavy atom. The zero-order chi connectivity index (χ0) is 12.9. The molecule has 0 rings (SSSR count). The van der Waals surface area contributed by atoms with Crippen molar-refractivity contribution in [3.63, 3.8) is 0 Å². The molecule has 92 valence electrons. The largest absolute Gasteiger partial charge is 0.481 e. The third-order valence-electron chi connectivity index (χ3n) is 1.36. The molecule has 0 aromatic rings. The average molecular weight is 290 g/mol. The van der Waals surface area contributed by atoms with Crippen molar-refractivity contribution < 1.29 is 19.4 Å². The second-order valence-corrected chi connectivity index (χ2v) is 5.64. The lowest BCUT2D eigenvalue weighted by molar-refractivity contribution is -0.153. The number of rotatable bonds is 4. The van der Waals surface area contributed by atoms with Crippen molar-refractivity contribution >= 4 is 46.7 Å².